The molecule has 1 heterocycles. The maximum Gasteiger partial charge on any atom is 0.224 e. The number of hydrogen-bond donors (Lipinski definition) is 1. The zero-order valence-corrected chi connectivity index (χ0v) is 12.5. The van der Waals surface area contributed by atoms with Crippen LogP contribution in [0.2, 0.25) is 0 Å². The van der Waals surface area contributed by atoms with E-state index >= 15 is 0 Å². The Morgan fingerprint density at radius 3 is 2.75 bits per heavy atom. The van der Waals surface area contributed by atoms with Gasteiger partial charge in [0.25, 0.3) is 0 Å². The monoisotopic (exact) mass is 326 g/mol. The topological polar surface area (TPSA) is 46.3 Å². The average molecular weight is 328 g/mol. The van der Waals surface area contributed by atoms with Gasteiger partial charge in [0.15, 0.2) is 0 Å². The molecule has 0 saturated heterocycles. The third-order valence-electron chi connectivity index (χ3n) is 1.96. The quantitative estimate of drug-likeness (QED) is 0.924. The minimum Gasteiger partial charge on any atom is -0.341 e. The van der Waals surface area contributed by atoms with E-state index in [1.165, 1.54) is 0 Å². The summed E-state index contributed by atoms with van der Waals surface area (Å²) in [5, 5.41) is 2.04. The van der Waals surface area contributed by atoms with E-state index < -0.39 is 0 Å². The lowest BCUT2D eigenvalue weighted by Gasteiger charge is -2.17. The lowest BCUT2D eigenvalue weighted by Crippen LogP contribution is -2.31. The molecule has 16 heavy (non-hydrogen) atoms. The fraction of sp³-hybridized carbons (Fsp3) is 0.500. The molecule has 0 aliphatic heterocycles. The fourth-order valence-electron chi connectivity index (χ4n) is 1.22. The standard InChI is InChI=1S/C10H15BrN2OS.ClH/c1-7(12)3-10(14)13(2)5-8-4-9(11)15-6-8;/h4,6-7H,3,5,12H2,1-2H3;1H. The van der Waals surface area contributed by atoms with Gasteiger partial charge in [-0.25, -0.2) is 0 Å². The summed E-state index contributed by atoms with van der Waals surface area (Å²) in [4.78, 5) is 13.3. The molecule has 1 aromatic rings. The van der Waals surface area contributed by atoms with Crippen LogP contribution in [0.4, 0.5) is 0 Å². The number of carbonyl (C=O) groups excluding carboxylic acids is 1. The number of amides is 1. The lowest BCUT2D eigenvalue weighted by molar-refractivity contribution is -0.130. The summed E-state index contributed by atoms with van der Waals surface area (Å²) in [7, 11) is 1.80. The van der Waals surface area contributed by atoms with Gasteiger partial charge in [0.05, 0.1) is 3.79 Å². The van der Waals surface area contributed by atoms with Gasteiger partial charge in [-0.1, -0.05) is 0 Å². The number of thiophene rings is 1. The van der Waals surface area contributed by atoms with Gasteiger partial charge in [0, 0.05) is 26.1 Å². The predicted molar refractivity (Wildman–Crippen MR) is 74.0 cm³/mol. The van der Waals surface area contributed by atoms with Gasteiger partial charge >= 0.3 is 0 Å². The number of nitrogens with zero attached hydrogens (tertiary/aromatic N) is 1. The zero-order chi connectivity index (χ0) is 11.4. The normalized spacial score (nSPS) is 11.8. The molecule has 6 heteroatoms. The van der Waals surface area contributed by atoms with E-state index in [0.717, 1.165) is 9.35 Å². The highest BCUT2D eigenvalue weighted by molar-refractivity contribution is 9.11. The van der Waals surface area contributed by atoms with E-state index in [0.29, 0.717) is 13.0 Å². The van der Waals surface area contributed by atoms with Crippen LogP contribution >= 0.6 is 39.7 Å². The Balaban J connectivity index is 0.00000225. The van der Waals surface area contributed by atoms with E-state index in [1.54, 1.807) is 23.3 Å². The number of hydrogen-bond acceptors (Lipinski definition) is 3. The second kappa shape index (κ2) is 7.27. The molecule has 1 atom stereocenters. The van der Waals surface area contributed by atoms with Crippen molar-refractivity contribution in [3.63, 3.8) is 0 Å². The van der Waals surface area contributed by atoms with Crippen molar-refractivity contribution in [2.24, 2.45) is 5.73 Å². The first-order valence-corrected chi connectivity index (χ1v) is 6.38. The van der Waals surface area contributed by atoms with E-state index in [9.17, 15) is 4.79 Å². The van der Waals surface area contributed by atoms with Crippen LogP contribution in [0.3, 0.4) is 0 Å². The molecule has 92 valence electrons. The molecule has 0 fully saturated rings. The van der Waals surface area contributed by atoms with Crippen LogP contribution in [-0.2, 0) is 11.3 Å². The van der Waals surface area contributed by atoms with Crippen molar-refractivity contribution >= 4 is 45.6 Å². The first kappa shape index (κ1) is 15.9. The molecule has 1 amide bonds. The first-order chi connectivity index (χ1) is 6.99. The minimum atomic E-state index is -0.0749. The number of rotatable bonds is 4. The Bertz CT molecular complexity index is 343. The molecule has 0 saturated carbocycles. The van der Waals surface area contributed by atoms with Crippen molar-refractivity contribution in [3.8, 4) is 0 Å². The van der Waals surface area contributed by atoms with E-state index in [1.807, 2.05) is 18.4 Å². The first-order valence-electron chi connectivity index (χ1n) is 4.71. The molecule has 0 aromatic carbocycles. The summed E-state index contributed by atoms with van der Waals surface area (Å²) in [6, 6.07) is 1.95. The van der Waals surface area contributed by atoms with Crippen LogP contribution in [0.15, 0.2) is 15.2 Å². The second-order valence-electron chi connectivity index (χ2n) is 3.69. The van der Waals surface area contributed by atoms with Crippen molar-refractivity contribution in [2.45, 2.75) is 25.9 Å². The van der Waals surface area contributed by atoms with Gasteiger partial charge in [-0.05, 0) is 39.9 Å². The highest BCUT2D eigenvalue weighted by Gasteiger charge is 2.11. The largest absolute Gasteiger partial charge is 0.341 e. The summed E-state index contributed by atoms with van der Waals surface area (Å²) in [6.07, 6.45) is 0.405. The molecule has 0 aliphatic rings. The molecule has 3 nitrogen and oxygen atoms in total. The average Bonchev–Trinajstić information content (AvgIpc) is 2.50. The van der Waals surface area contributed by atoms with Crippen molar-refractivity contribution in [1.82, 2.24) is 4.90 Å². The molecule has 1 aromatic heterocycles. The molecular formula is C10H16BrClN2OS. The van der Waals surface area contributed by atoms with Crippen LogP contribution < -0.4 is 5.73 Å². The highest BCUT2D eigenvalue weighted by atomic mass is 79.9. The summed E-state index contributed by atoms with van der Waals surface area (Å²) in [5.74, 6) is 0.0901. The second-order valence-corrected chi connectivity index (χ2v) is 5.98. The van der Waals surface area contributed by atoms with Gasteiger partial charge in [0.2, 0.25) is 5.91 Å². The molecule has 0 bridgehead atoms. The predicted octanol–water partition coefficient (Wildman–Crippen LogP) is 2.63. The summed E-state index contributed by atoms with van der Waals surface area (Å²) in [6.45, 7) is 2.49. The highest BCUT2D eigenvalue weighted by Crippen LogP contribution is 2.21. The molecule has 0 aliphatic carbocycles. The van der Waals surface area contributed by atoms with Gasteiger partial charge in [-0.15, -0.1) is 23.7 Å². The maximum atomic E-state index is 11.6. The number of carbonyl (C=O) groups is 1. The number of nitrogens with two attached hydrogens (primary N) is 1. The SMILES string of the molecule is CC(N)CC(=O)N(C)Cc1csc(Br)c1.Cl. The Labute approximate surface area is 115 Å². The van der Waals surface area contributed by atoms with Crippen molar-refractivity contribution in [2.75, 3.05) is 7.05 Å². The molecule has 0 radical (unpaired) electrons. The third-order valence-corrected chi connectivity index (χ3v) is 3.52. The van der Waals surface area contributed by atoms with Gasteiger partial charge in [-0.2, -0.15) is 0 Å². The molecule has 0 spiro atoms. The maximum absolute atomic E-state index is 11.6. The molecule has 2 N–H and O–H groups in total. The van der Waals surface area contributed by atoms with Crippen molar-refractivity contribution in [3.05, 3.63) is 20.8 Å². The molecule has 1 unspecified atom stereocenters. The molecule has 1 rings (SSSR count). The van der Waals surface area contributed by atoms with Gasteiger partial charge in [0.1, 0.15) is 0 Å². The van der Waals surface area contributed by atoms with E-state index in [4.69, 9.17) is 5.73 Å². The van der Waals surface area contributed by atoms with Crippen molar-refractivity contribution < 1.29 is 4.79 Å². The lowest BCUT2D eigenvalue weighted by atomic mass is 10.2. The molecular weight excluding hydrogens is 312 g/mol. The minimum absolute atomic E-state index is 0. The fourth-order valence-corrected chi connectivity index (χ4v) is 2.42. The van der Waals surface area contributed by atoms with Crippen LogP contribution in [0.1, 0.15) is 18.9 Å². The Kier molecular flexibility index (Phi) is 7.22. The summed E-state index contributed by atoms with van der Waals surface area (Å²) < 4.78 is 1.09. The van der Waals surface area contributed by atoms with E-state index in [-0.39, 0.29) is 24.4 Å². The Morgan fingerprint density at radius 2 is 2.31 bits per heavy atom. The van der Waals surface area contributed by atoms with Gasteiger partial charge in [-0.3, -0.25) is 4.79 Å². The van der Waals surface area contributed by atoms with Crippen LogP contribution in [-0.4, -0.2) is 23.9 Å². The third kappa shape index (κ3) is 5.30. The smallest absolute Gasteiger partial charge is 0.224 e. The van der Waals surface area contributed by atoms with Crippen LogP contribution in [0, 0.1) is 0 Å². The van der Waals surface area contributed by atoms with E-state index in [2.05, 4.69) is 15.9 Å². The summed E-state index contributed by atoms with van der Waals surface area (Å²) in [5.41, 5.74) is 6.72. The van der Waals surface area contributed by atoms with Crippen LogP contribution in [0.5, 0.6) is 0 Å². The summed E-state index contributed by atoms with van der Waals surface area (Å²) >= 11 is 5.02. The Hall–Kier alpha value is -0.100. The number of halogens is 2. The Morgan fingerprint density at radius 1 is 1.69 bits per heavy atom. The van der Waals surface area contributed by atoms with Gasteiger partial charge < -0.3 is 10.6 Å². The van der Waals surface area contributed by atoms with Crippen molar-refractivity contribution in [1.29, 1.82) is 0 Å². The van der Waals surface area contributed by atoms with Crippen LogP contribution in [0.25, 0.3) is 0 Å². The zero-order valence-electron chi connectivity index (χ0n) is 9.27.